The SMILES string of the molecule is CC(=O)O[C@@H]1C=C[C@H](c2c3n(c4ccccc24)CCC3)CC1. The highest BCUT2D eigenvalue weighted by Crippen LogP contribution is 2.40. The smallest absolute Gasteiger partial charge is 0.303 e. The molecule has 114 valence electrons. The van der Waals surface area contributed by atoms with Crippen molar-refractivity contribution in [2.75, 3.05) is 0 Å². The number of fused-ring (bicyclic) bond motifs is 3. The fraction of sp³-hybridized carbons (Fsp3) is 0.421. The normalized spacial score (nSPS) is 23.7. The average molecular weight is 295 g/mol. The van der Waals surface area contributed by atoms with E-state index in [1.165, 1.54) is 41.9 Å². The van der Waals surface area contributed by atoms with E-state index in [1.54, 1.807) is 0 Å². The van der Waals surface area contributed by atoms with Crippen LogP contribution in [0.2, 0.25) is 0 Å². The second-order valence-corrected chi connectivity index (χ2v) is 6.35. The molecule has 22 heavy (non-hydrogen) atoms. The number of hydrogen-bond acceptors (Lipinski definition) is 2. The standard InChI is InChI=1S/C19H21NO2/c1-13(21)22-15-10-8-14(9-11-15)19-16-5-2-3-6-17(16)20-12-4-7-18(19)20/h2-3,5-6,8,10,14-15H,4,7,9,11-12H2,1H3/t14-,15+/m0/s1. The van der Waals surface area contributed by atoms with Crippen LogP contribution in [0.25, 0.3) is 10.9 Å². The van der Waals surface area contributed by atoms with Crippen LogP contribution < -0.4 is 0 Å². The molecule has 0 amide bonds. The van der Waals surface area contributed by atoms with Crippen molar-refractivity contribution in [2.45, 2.75) is 51.2 Å². The molecule has 2 atom stereocenters. The van der Waals surface area contributed by atoms with Crippen molar-refractivity contribution in [3.8, 4) is 0 Å². The van der Waals surface area contributed by atoms with Gasteiger partial charge < -0.3 is 9.30 Å². The molecule has 3 heteroatoms. The van der Waals surface area contributed by atoms with Gasteiger partial charge in [0.05, 0.1) is 0 Å². The lowest BCUT2D eigenvalue weighted by Crippen LogP contribution is -2.18. The van der Waals surface area contributed by atoms with Crippen LogP contribution in [0.15, 0.2) is 36.4 Å². The largest absolute Gasteiger partial charge is 0.458 e. The van der Waals surface area contributed by atoms with Crippen LogP contribution in [0, 0.1) is 0 Å². The number of para-hydroxylation sites is 1. The third-order valence-electron chi connectivity index (χ3n) is 4.93. The second kappa shape index (κ2) is 5.31. The van der Waals surface area contributed by atoms with E-state index in [2.05, 4.69) is 41.0 Å². The third kappa shape index (κ3) is 2.16. The summed E-state index contributed by atoms with van der Waals surface area (Å²) in [6, 6.07) is 8.75. The average Bonchev–Trinajstić information content (AvgIpc) is 3.08. The van der Waals surface area contributed by atoms with E-state index in [9.17, 15) is 4.79 Å². The van der Waals surface area contributed by atoms with Crippen molar-refractivity contribution in [1.29, 1.82) is 0 Å². The minimum atomic E-state index is -0.191. The van der Waals surface area contributed by atoms with Crippen LogP contribution >= 0.6 is 0 Å². The van der Waals surface area contributed by atoms with E-state index >= 15 is 0 Å². The molecule has 0 radical (unpaired) electrons. The van der Waals surface area contributed by atoms with E-state index in [1.807, 2.05) is 0 Å². The number of esters is 1. The molecule has 1 aliphatic heterocycles. The van der Waals surface area contributed by atoms with Gasteiger partial charge in [0.15, 0.2) is 0 Å². The lowest BCUT2D eigenvalue weighted by Gasteiger charge is -2.23. The molecule has 1 aromatic heterocycles. The Morgan fingerprint density at radius 1 is 1.23 bits per heavy atom. The third-order valence-corrected chi connectivity index (χ3v) is 4.93. The number of aryl methyl sites for hydroxylation is 1. The fourth-order valence-electron chi connectivity index (χ4n) is 4.07. The van der Waals surface area contributed by atoms with E-state index in [0.29, 0.717) is 5.92 Å². The van der Waals surface area contributed by atoms with Crippen LogP contribution in [0.4, 0.5) is 0 Å². The number of ether oxygens (including phenoxy) is 1. The number of nitrogens with zero attached hydrogens (tertiary/aromatic N) is 1. The molecule has 2 heterocycles. The quantitative estimate of drug-likeness (QED) is 0.620. The summed E-state index contributed by atoms with van der Waals surface area (Å²) in [4.78, 5) is 11.1. The van der Waals surface area contributed by atoms with Crippen LogP contribution in [0.5, 0.6) is 0 Å². The Labute approximate surface area is 130 Å². The van der Waals surface area contributed by atoms with E-state index in [0.717, 1.165) is 19.4 Å². The maximum absolute atomic E-state index is 11.1. The maximum atomic E-state index is 11.1. The molecule has 2 aromatic rings. The fourth-order valence-corrected chi connectivity index (χ4v) is 4.07. The molecule has 0 unspecified atom stereocenters. The number of carbonyl (C=O) groups excluding carboxylic acids is 1. The lowest BCUT2D eigenvalue weighted by molar-refractivity contribution is -0.144. The van der Waals surface area contributed by atoms with Gasteiger partial charge in [0.1, 0.15) is 6.10 Å². The Balaban J connectivity index is 1.72. The molecule has 0 saturated heterocycles. The van der Waals surface area contributed by atoms with Gasteiger partial charge in [0.2, 0.25) is 0 Å². The number of rotatable bonds is 2. The van der Waals surface area contributed by atoms with Gasteiger partial charge in [-0.1, -0.05) is 24.3 Å². The van der Waals surface area contributed by atoms with E-state index in [-0.39, 0.29) is 12.1 Å². The zero-order chi connectivity index (χ0) is 15.1. The maximum Gasteiger partial charge on any atom is 0.303 e. The van der Waals surface area contributed by atoms with Crippen molar-refractivity contribution >= 4 is 16.9 Å². The van der Waals surface area contributed by atoms with Crippen molar-refractivity contribution in [2.24, 2.45) is 0 Å². The summed E-state index contributed by atoms with van der Waals surface area (Å²) in [5, 5.41) is 1.40. The first-order chi connectivity index (χ1) is 10.7. The zero-order valence-electron chi connectivity index (χ0n) is 12.9. The van der Waals surface area contributed by atoms with Gasteiger partial charge in [-0.05, 0) is 43.4 Å². The predicted octanol–water partition coefficient (Wildman–Crippen LogP) is 3.95. The van der Waals surface area contributed by atoms with Crippen LogP contribution in [-0.2, 0) is 22.5 Å². The van der Waals surface area contributed by atoms with Crippen molar-refractivity contribution in [3.63, 3.8) is 0 Å². The Morgan fingerprint density at radius 2 is 2.09 bits per heavy atom. The predicted molar refractivity (Wildman–Crippen MR) is 86.9 cm³/mol. The Morgan fingerprint density at radius 3 is 2.86 bits per heavy atom. The summed E-state index contributed by atoms with van der Waals surface area (Å²) < 4.78 is 7.80. The highest BCUT2D eigenvalue weighted by molar-refractivity contribution is 5.87. The number of carbonyl (C=O) groups is 1. The Hall–Kier alpha value is -2.03. The van der Waals surface area contributed by atoms with Gasteiger partial charge in [-0.15, -0.1) is 0 Å². The summed E-state index contributed by atoms with van der Waals surface area (Å²) in [5.74, 6) is 0.259. The topological polar surface area (TPSA) is 31.2 Å². The van der Waals surface area contributed by atoms with Gasteiger partial charge in [0.25, 0.3) is 0 Å². The van der Waals surface area contributed by atoms with Gasteiger partial charge in [-0.3, -0.25) is 4.79 Å². The van der Waals surface area contributed by atoms with Crippen molar-refractivity contribution in [1.82, 2.24) is 4.57 Å². The first-order valence-electron chi connectivity index (χ1n) is 8.19. The number of hydrogen-bond donors (Lipinski definition) is 0. The van der Waals surface area contributed by atoms with E-state index in [4.69, 9.17) is 4.74 Å². The molecule has 0 N–H and O–H groups in total. The van der Waals surface area contributed by atoms with Crippen LogP contribution in [0.3, 0.4) is 0 Å². The van der Waals surface area contributed by atoms with Gasteiger partial charge in [0, 0.05) is 36.0 Å². The molecule has 1 aliphatic carbocycles. The molecular formula is C19H21NO2. The molecule has 3 nitrogen and oxygen atoms in total. The first kappa shape index (κ1) is 13.6. The minimum absolute atomic E-state index is 0.0457. The minimum Gasteiger partial charge on any atom is -0.458 e. The Bertz CT molecular complexity index is 756. The molecule has 0 fully saturated rings. The van der Waals surface area contributed by atoms with Crippen LogP contribution in [-0.4, -0.2) is 16.6 Å². The lowest BCUT2D eigenvalue weighted by atomic mass is 9.86. The zero-order valence-corrected chi connectivity index (χ0v) is 12.9. The van der Waals surface area contributed by atoms with Crippen LogP contribution in [0.1, 0.15) is 43.4 Å². The highest BCUT2D eigenvalue weighted by atomic mass is 16.5. The molecule has 0 spiro atoms. The molecule has 4 rings (SSSR count). The second-order valence-electron chi connectivity index (χ2n) is 6.35. The summed E-state index contributed by atoms with van der Waals surface area (Å²) in [6.07, 6.45) is 8.67. The molecule has 0 saturated carbocycles. The monoisotopic (exact) mass is 295 g/mol. The number of benzene rings is 1. The van der Waals surface area contributed by atoms with E-state index < -0.39 is 0 Å². The highest BCUT2D eigenvalue weighted by Gasteiger charge is 2.27. The summed E-state index contributed by atoms with van der Waals surface area (Å²) in [7, 11) is 0. The van der Waals surface area contributed by atoms with Gasteiger partial charge in [-0.2, -0.15) is 0 Å². The number of allylic oxidation sites excluding steroid dienone is 1. The van der Waals surface area contributed by atoms with Crippen molar-refractivity contribution in [3.05, 3.63) is 47.7 Å². The first-order valence-corrected chi connectivity index (χ1v) is 8.19. The summed E-state index contributed by atoms with van der Waals surface area (Å²) in [6.45, 7) is 2.62. The molecule has 0 bridgehead atoms. The molecule has 1 aromatic carbocycles. The number of aromatic nitrogens is 1. The summed E-state index contributed by atoms with van der Waals surface area (Å²) >= 11 is 0. The molecule has 2 aliphatic rings. The molecular weight excluding hydrogens is 274 g/mol. The van der Waals surface area contributed by atoms with Gasteiger partial charge in [-0.25, -0.2) is 0 Å². The van der Waals surface area contributed by atoms with Crippen molar-refractivity contribution < 1.29 is 9.53 Å². The Kier molecular flexibility index (Phi) is 3.29. The van der Waals surface area contributed by atoms with Gasteiger partial charge >= 0.3 is 5.97 Å². The summed E-state index contributed by atoms with van der Waals surface area (Å²) in [5.41, 5.74) is 4.40.